The van der Waals surface area contributed by atoms with Crippen LogP contribution < -0.4 is 10.2 Å². The van der Waals surface area contributed by atoms with Gasteiger partial charge in [0.1, 0.15) is 4.90 Å². The van der Waals surface area contributed by atoms with E-state index >= 15 is 0 Å². The molecule has 1 aromatic rings. The molecule has 1 aromatic carbocycles. The molecule has 8 nitrogen and oxygen atoms in total. The van der Waals surface area contributed by atoms with Crippen molar-refractivity contribution in [2.45, 2.75) is 49.8 Å². The number of hydrogen-bond donors (Lipinski definition) is 1. The zero-order valence-electron chi connectivity index (χ0n) is 19.6. The molecule has 0 spiro atoms. The Morgan fingerprint density at radius 1 is 0.909 bits per heavy atom. The summed E-state index contributed by atoms with van der Waals surface area (Å²) in [5.74, 6) is -0.211. The second-order valence-corrected chi connectivity index (χ2v) is 11.2. The van der Waals surface area contributed by atoms with Crippen molar-refractivity contribution in [3.05, 3.63) is 23.8 Å². The van der Waals surface area contributed by atoms with Crippen LogP contribution in [0.3, 0.4) is 0 Å². The van der Waals surface area contributed by atoms with Crippen LogP contribution in [0.15, 0.2) is 23.1 Å². The van der Waals surface area contributed by atoms with E-state index in [1.54, 1.807) is 16.4 Å². The summed E-state index contributed by atoms with van der Waals surface area (Å²) in [6.07, 6.45) is 7.01. The lowest BCUT2D eigenvalue weighted by atomic mass is 10.1. The van der Waals surface area contributed by atoms with Gasteiger partial charge in [-0.2, -0.15) is 4.31 Å². The van der Waals surface area contributed by atoms with Gasteiger partial charge in [0.05, 0.1) is 18.9 Å². The molecule has 1 amide bonds. The quantitative estimate of drug-likeness (QED) is 0.578. The highest BCUT2D eigenvalue weighted by atomic mass is 32.2. The van der Waals surface area contributed by atoms with Crippen LogP contribution in [0.4, 0.5) is 5.69 Å². The minimum absolute atomic E-state index is 0.211. The highest BCUT2D eigenvalue weighted by molar-refractivity contribution is 7.89. The SMILES string of the molecule is O=C(NCCCN1CCOCC1)c1ccc(N2CCCCC2)c(S(=O)(=O)N2CCCCC2)c1. The van der Waals surface area contributed by atoms with E-state index in [9.17, 15) is 13.2 Å². The monoisotopic (exact) mass is 478 g/mol. The van der Waals surface area contributed by atoms with E-state index in [1.807, 2.05) is 6.07 Å². The first kappa shape index (κ1) is 24.4. The minimum Gasteiger partial charge on any atom is -0.379 e. The summed E-state index contributed by atoms with van der Waals surface area (Å²) in [5.41, 5.74) is 1.15. The predicted molar refractivity (Wildman–Crippen MR) is 129 cm³/mol. The molecule has 1 N–H and O–H groups in total. The van der Waals surface area contributed by atoms with Gasteiger partial charge in [-0.3, -0.25) is 9.69 Å². The van der Waals surface area contributed by atoms with Crippen molar-refractivity contribution in [2.24, 2.45) is 0 Å². The van der Waals surface area contributed by atoms with Gasteiger partial charge in [0.15, 0.2) is 0 Å². The van der Waals surface area contributed by atoms with Crippen LogP contribution in [0, 0.1) is 0 Å². The van der Waals surface area contributed by atoms with Crippen LogP contribution in [0.5, 0.6) is 0 Å². The Hall–Kier alpha value is -1.68. The fourth-order valence-electron chi connectivity index (χ4n) is 4.93. The van der Waals surface area contributed by atoms with E-state index < -0.39 is 10.0 Å². The lowest BCUT2D eigenvalue weighted by molar-refractivity contribution is 0.0374. The van der Waals surface area contributed by atoms with Crippen molar-refractivity contribution in [1.82, 2.24) is 14.5 Å². The highest BCUT2D eigenvalue weighted by Crippen LogP contribution is 2.32. The van der Waals surface area contributed by atoms with Crippen molar-refractivity contribution in [3.8, 4) is 0 Å². The molecule has 3 aliphatic heterocycles. The minimum atomic E-state index is -3.64. The summed E-state index contributed by atoms with van der Waals surface area (Å²) in [5, 5.41) is 2.98. The molecule has 3 heterocycles. The van der Waals surface area contributed by atoms with Crippen LogP contribution in [0.1, 0.15) is 55.3 Å². The molecule has 33 heavy (non-hydrogen) atoms. The Labute approximate surface area is 198 Å². The average Bonchev–Trinajstić information content (AvgIpc) is 2.88. The molecule has 0 unspecified atom stereocenters. The van der Waals surface area contributed by atoms with Gasteiger partial charge >= 0.3 is 0 Å². The second-order valence-electron chi connectivity index (χ2n) is 9.26. The number of nitrogens with zero attached hydrogens (tertiary/aromatic N) is 3. The number of morpholine rings is 1. The van der Waals surface area contributed by atoms with Crippen molar-refractivity contribution in [2.75, 3.05) is 70.5 Å². The van der Waals surface area contributed by atoms with Crippen LogP contribution in [-0.4, -0.2) is 89.1 Å². The fraction of sp³-hybridized carbons (Fsp3) is 0.708. The van der Waals surface area contributed by atoms with E-state index in [-0.39, 0.29) is 10.8 Å². The summed E-state index contributed by atoms with van der Waals surface area (Å²) >= 11 is 0. The molecule has 0 aliphatic carbocycles. The number of nitrogens with one attached hydrogen (secondary N) is 1. The molecule has 0 atom stereocenters. The largest absolute Gasteiger partial charge is 0.379 e. The standard InChI is InChI=1S/C24H38N4O4S/c29-24(25-10-7-11-26-16-18-32-19-17-26)21-8-9-22(27-12-3-1-4-13-27)23(20-21)33(30,31)28-14-5-2-6-15-28/h8-9,20H,1-7,10-19H2,(H,25,29). The number of amides is 1. The van der Waals surface area contributed by atoms with E-state index in [0.717, 1.165) is 90.1 Å². The Kier molecular flexibility index (Phi) is 8.62. The van der Waals surface area contributed by atoms with Crippen LogP contribution >= 0.6 is 0 Å². The number of hydrogen-bond acceptors (Lipinski definition) is 6. The molecule has 0 bridgehead atoms. The van der Waals surface area contributed by atoms with Gasteiger partial charge in [0, 0.05) is 51.4 Å². The Balaban J connectivity index is 1.47. The topological polar surface area (TPSA) is 82.2 Å². The van der Waals surface area contributed by atoms with Gasteiger partial charge < -0.3 is 15.0 Å². The smallest absolute Gasteiger partial charge is 0.251 e. The average molecular weight is 479 g/mol. The first-order valence-corrected chi connectivity index (χ1v) is 14.0. The molecular weight excluding hydrogens is 440 g/mol. The molecule has 3 saturated heterocycles. The summed E-state index contributed by atoms with van der Waals surface area (Å²) in [4.78, 5) is 17.7. The number of piperidine rings is 2. The summed E-state index contributed by atoms with van der Waals surface area (Å²) in [6.45, 7) is 7.72. The molecule has 0 radical (unpaired) electrons. The van der Waals surface area contributed by atoms with E-state index in [2.05, 4.69) is 15.1 Å². The third-order valence-electron chi connectivity index (χ3n) is 6.89. The lowest BCUT2D eigenvalue weighted by Crippen LogP contribution is -2.38. The summed E-state index contributed by atoms with van der Waals surface area (Å²) in [7, 11) is -3.64. The Morgan fingerprint density at radius 2 is 1.58 bits per heavy atom. The number of carbonyl (C=O) groups excluding carboxylic acids is 1. The molecule has 4 rings (SSSR count). The lowest BCUT2D eigenvalue weighted by Gasteiger charge is -2.33. The first-order chi connectivity index (χ1) is 16.1. The van der Waals surface area contributed by atoms with Crippen LogP contribution in [-0.2, 0) is 14.8 Å². The molecular formula is C24H38N4O4S. The van der Waals surface area contributed by atoms with Gasteiger partial charge in [-0.1, -0.05) is 6.42 Å². The number of anilines is 1. The van der Waals surface area contributed by atoms with Gasteiger partial charge in [-0.25, -0.2) is 8.42 Å². The molecule has 0 aromatic heterocycles. The van der Waals surface area contributed by atoms with Crippen molar-refractivity contribution < 1.29 is 17.9 Å². The number of sulfonamides is 1. The number of ether oxygens (including phenoxy) is 1. The zero-order valence-corrected chi connectivity index (χ0v) is 20.5. The van der Waals surface area contributed by atoms with E-state index in [4.69, 9.17) is 4.74 Å². The second kappa shape index (κ2) is 11.6. The van der Waals surface area contributed by atoms with Crippen LogP contribution in [0.2, 0.25) is 0 Å². The zero-order chi connectivity index (χ0) is 23.1. The number of benzene rings is 1. The van der Waals surface area contributed by atoms with Crippen molar-refractivity contribution in [3.63, 3.8) is 0 Å². The van der Waals surface area contributed by atoms with Crippen molar-refractivity contribution in [1.29, 1.82) is 0 Å². The summed E-state index contributed by atoms with van der Waals surface area (Å²) in [6, 6.07) is 5.21. The number of carbonyl (C=O) groups is 1. The van der Waals surface area contributed by atoms with E-state index in [0.29, 0.717) is 25.2 Å². The van der Waals surface area contributed by atoms with Gasteiger partial charge in [0.2, 0.25) is 10.0 Å². The normalized spacial score (nSPS) is 21.2. The Morgan fingerprint density at radius 3 is 2.27 bits per heavy atom. The molecule has 0 saturated carbocycles. The molecule has 3 aliphatic rings. The number of rotatable bonds is 8. The summed E-state index contributed by atoms with van der Waals surface area (Å²) < 4.78 is 34.2. The third kappa shape index (κ3) is 6.26. The predicted octanol–water partition coefficient (Wildman–Crippen LogP) is 2.30. The maximum Gasteiger partial charge on any atom is 0.251 e. The maximum absolute atomic E-state index is 13.6. The van der Waals surface area contributed by atoms with Crippen molar-refractivity contribution >= 4 is 21.6 Å². The molecule has 3 fully saturated rings. The third-order valence-corrected chi connectivity index (χ3v) is 8.82. The maximum atomic E-state index is 13.6. The van der Waals surface area contributed by atoms with E-state index in [1.165, 1.54) is 6.42 Å². The molecule has 184 valence electrons. The Bertz CT molecular complexity index is 890. The fourth-order valence-corrected chi connectivity index (χ4v) is 6.69. The van der Waals surface area contributed by atoms with Crippen LogP contribution in [0.25, 0.3) is 0 Å². The highest BCUT2D eigenvalue weighted by Gasteiger charge is 2.31. The molecule has 9 heteroatoms. The van der Waals surface area contributed by atoms with Gasteiger partial charge in [-0.15, -0.1) is 0 Å². The van der Waals surface area contributed by atoms with Gasteiger partial charge in [-0.05, 0) is 63.3 Å². The van der Waals surface area contributed by atoms with Gasteiger partial charge in [0.25, 0.3) is 5.91 Å². The first-order valence-electron chi connectivity index (χ1n) is 12.5.